The molecule has 1 aromatic heterocycles. The van der Waals surface area contributed by atoms with Crippen LogP contribution in [-0.2, 0) is 0 Å². The minimum Gasteiger partial charge on any atom is -0.387 e. The Kier molecular flexibility index (Phi) is 5.36. The third-order valence-corrected chi connectivity index (χ3v) is 4.01. The summed E-state index contributed by atoms with van der Waals surface area (Å²) in [5.41, 5.74) is 3.07. The molecule has 2 unspecified atom stereocenters. The van der Waals surface area contributed by atoms with Crippen molar-refractivity contribution in [2.45, 2.75) is 26.0 Å². The molecule has 0 spiro atoms. The molecule has 1 heterocycles. The number of hydrogen-bond donors (Lipinski definition) is 3. The van der Waals surface area contributed by atoms with Crippen molar-refractivity contribution in [1.29, 1.82) is 0 Å². The first-order valence-corrected chi connectivity index (χ1v) is 7.81. The molecule has 2 atom stereocenters. The first-order valence-electron chi connectivity index (χ1n) is 6.87. The molecule has 0 saturated heterocycles. The standard InChI is InChI=1S/C16H20N2O2S/c1-11-3-5-13(6-4-11)12(2)18-16(20)17-9-15(19)14-7-8-21-10-14/h3-8,10,12,15,19H,9H2,1-2H3,(H2,17,18,20). The molecule has 0 aliphatic rings. The van der Waals surface area contributed by atoms with E-state index >= 15 is 0 Å². The van der Waals surface area contributed by atoms with Gasteiger partial charge in [0, 0.05) is 6.54 Å². The first-order chi connectivity index (χ1) is 10.1. The zero-order valence-electron chi connectivity index (χ0n) is 12.2. The van der Waals surface area contributed by atoms with Gasteiger partial charge >= 0.3 is 6.03 Å². The Balaban J connectivity index is 1.80. The topological polar surface area (TPSA) is 61.4 Å². The van der Waals surface area contributed by atoms with Crippen LogP contribution in [-0.4, -0.2) is 17.7 Å². The molecule has 2 rings (SSSR count). The molecule has 0 radical (unpaired) electrons. The lowest BCUT2D eigenvalue weighted by atomic mass is 10.1. The van der Waals surface area contributed by atoms with E-state index < -0.39 is 6.10 Å². The van der Waals surface area contributed by atoms with Gasteiger partial charge in [-0.05, 0) is 41.8 Å². The molecule has 5 heteroatoms. The van der Waals surface area contributed by atoms with Crippen LogP contribution >= 0.6 is 11.3 Å². The normalized spacial score (nSPS) is 13.5. The van der Waals surface area contributed by atoms with Crippen LogP contribution in [0.5, 0.6) is 0 Å². The Hall–Kier alpha value is -1.85. The largest absolute Gasteiger partial charge is 0.387 e. The summed E-state index contributed by atoms with van der Waals surface area (Å²) in [5, 5.41) is 19.2. The van der Waals surface area contributed by atoms with Crippen LogP contribution in [0, 0.1) is 6.92 Å². The third kappa shape index (κ3) is 4.58. The van der Waals surface area contributed by atoms with Crippen molar-refractivity contribution in [1.82, 2.24) is 10.6 Å². The van der Waals surface area contributed by atoms with Crippen LogP contribution in [0.1, 0.15) is 35.8 Å². The lowest BCUT2D eigenvalue weighted by Crippen LogP contribution is -2.39. The Morgan fingerprint density at radius 2 is 1.95 bits per heavy atom. The fourth-order valence-corrected chi connectivity index (χ4v) is 2.67. The number of carbonyl (C=O) groups excluding carboxylic acids is 1. The van der Waals surface area contributed by atoms with Gasteiger partial charge in [0.05, 0.1) is 12.1 Å². The highest BCUT2D eigenvalue weighted by molar-refractivity contribution is 7.07. The predicted octanol–water partition coefficient (Wildman–Crippen LogP) is 3.15. The number of hydrogen-bond acceptors (Lipinski definition) is 3. The van der Waals surface area contributed by atoms with Gasteiger partial charge in [0.15, 0.2) is 0 Å². The molecule has 112 valence electrons. The Morgan fingerprint density at radius 3 is 2.57 bits per heavy atom. The maximum absolute atomic E-state index is 11.8. The summed E-state index contributed by atoms with van der Waals surface area (Å²) < 4.78 is 0. The predicted molar refractivity (Wildman–Crippen MR) is 85.4 cm³/mol. The summed E-state index contributed by atoms with van der Waals surface area (Å²) >= 11 is 1.52. The Bertz CT molecular complexity index is 566. The van der Waals surface area contributed by atoms with Crippen LogP contribution in [0.3, 0.4) is 0 Å². The maximum Gasteiger partial charge on any atom is 0.315 e. The summed E-state index contributed by atoms with van der Waals surface area (Å²) in [4.78, 5) is 11.8. The number of benzene rings is 1. The molecular formula is C16H20N2O2S. The SMILES string of the molecule is Cc1ccc(C(C)NC(=O)NCC(O)c2ccsc2)cc1. The molecule has 21 heavy (non-hydrogen) atoms. The van der Waals surface area contributed by atoms with E-state index in [1.54, 1.807) is 0 Å². The maximum atomic E-state index is 11.8. The van der Waals surface area contributed by atoms with Crippen molar-refractivity contribution in [3.8, 4) is 0 Å². The van der Waals surface area contributed by atoms with Crippen LogP contribution in [0.2, 0.25) is 0 Å². The number of carbonyl (C=O) groups is 1. The van der Waals surface area contributed by atoms with Crippen LogP contribution in [0.25, 0.3) is 0 Å². The molecule has 1 aromatic carbocycles. The summed E-state index contributed by atoms with van der Waals surface area (Å²) in [6.45, 7) is 4.16. The summed E-state index contributed by atoms with van der Waals surface area (Å²) in [7, 11) is 0. The smallest absolute Gasteiger partial charge is 0.315 e. The number of thiophene rings is 1. The van der Waals surface area contributed by atoms with Crippen molar-refractivity contribution in [3.63, 3.8) is 0 Å². The molecule has 2 amide bonds. The van der Waals surface area contributed by atoms with Gasteiger partial charge in [-0.1, -0.05) is 29.8 Å². The monoisotopic (exact) mass is 304 g/mol. The highest BCUT2D eigenvalue weighted by atomic mass is 32.1. The lowest BCUT2D eigenvalue weighted by molar-refractivity contribution is 0.173. The second-order valence-corrected chi connectivity index (χ2v) is 5.84. The highest BCUT2D eigenvalue weighted by Gasteiger charge is 2.12. The molecule has 0 bridgehead atoms. The molecule has 0 aliphatic heterocycles. The van der Waals surface area contributed by atoms with Crippen molar-refractivity contribution >= 4 is 17.4 Å². The molecule has 0 saturated carbocycles. The van der Waals surface area contributed by atoms with E-state index in [1.165, 1.54) is 16.9 Å². The second kappa shape index (κ2) is 7.24. The van der Waals surface area contributed by atoms with Crippen molar-refractivity contribution in [2.24, 2.45) is 0 Å². The Labute approximate surface area is 128 Å². The summed E-state index contributed by atoms with van der Waals surface area (Å²) in [5.74, 6) is 0. The zero-order valence-corrected chi connectivity index (χ0v) is 13.0. The molecule has 2 aromatic rings. The number of nitrogens with one attached hydrogen (secondary N) is 2. The molecular weight excluding hydrogens is 284 g/mol. The number of rotatable bonds is 5. The van der Waals surface area contributed by atoms with Gasteiger partial charge in [-0.25, -0.2) is 4.79 Å². The van der Waals surface area contributed by atoms with Crippen molar-refractivity contribution in [3.05, 3.63) is 57.8 Å². The van der Waals surface area contributed by atoms with E-state index in [1.807, 2.05) is 54.9 Å². The minimum atomic E-state index is -0.670. The minimum absolute atomic E-state index is 0.0797. The van der Waals surface area contributed by atoms with E-state index in [-0.39, 0.29) is 18.6 Å². The third-order valence-electron chi connectivity index (χ3n) is 3.31. The van der Waals surface area contributed by atoms with E-state index in [0.717, 1.165) is 11.1 Å². The molecule has 0 aliphatic carbocycles. The average Bonchev–Trinajstić information content (AvgIpc) is 2.99. The fraction of sp³-hybridized carbons (Fsp3) is 0.312. The van der Waals surface area contributed by atoms with Crippen LogP contribution in [0.4, 0.5) is 4.79 Å². The fourth-order valence-electron chi connectivity index (χ4n) is 1.96. The van der Waals surface area contributed by atoms with Gasteiger partial charge in [-0.15, -0.1) is 0 Å². The van der Waals surface area contributed by atoms with E-state index in [4.69, 9.17) is 0 Å². The number of amides is 2. The van der Waals surface area contributed by atoms with Gasteiger partial charge in [0.2, 0.25) is 0 Å². The quantitative estimate of drug-likeness (QED) is 0.794. The van der Waals surface area contributed by atoms with E-state index in [0.29, 0.717) is 0 Å². The molecule has 4 nitrogen and oxygen atoms in total. The van der Waals surface area contributed by atoms with Gasteiger partial charge < -0.3 is 15.7 Å². The Morgan fingerprint density at radius 1 is 1.24 bits per heavy atom. The number of aryl methyl sites for hydroxylation is 1. The van der Waals surface area contributed by atoms with Gasteiger partial charge in [0.25, 0.3) is 0 Å². The average molecular weight is 304 g/mol. The first kappa shape index (κ1) is 15.5. The number of urea groups is 1. The van der Waals surface area contributed by atoms with Gasteiger partial charge in [0.1, 0.15) is 0 Å². The molecule has 0 fully saturated rings. The van der Waals surface area contributed by atoms with Gasteiger partial charge in [-0.2, -0.15) is 11.3 Å². The lowest BCUT2D eigenvalue weighted by Gasteiger charge is -2.16. The van der Waals surface area contributed by atoms with Crippen LogP contribution < -0.4 is 10.6 Å². The second-order valence-electron chi connectivity index (χ2n) is 5.06. The highest BCUT2D eigenvalue weighted by Crippen LogP contribution is 2.15. The van der Waals surface area contributed by atoms with E-state index in [2.05, 4.69) is 10.6 Å². The van der Waals surface area contributed by atoms with Gasteiger partial charge in [-0.3, -0.25) is 0 Å². The number of aliphatic hydroxyl groups excluding tert-OH is 1. The van der Waals surface area contributed by atoms with Crippen molar-refractivity contribution < 1.29 is 9.90 Å². The zero-order chi connectivity index (χ0) is 15.2. The van der Waals surface area contributed by atoms with Crippen molar-refractivity contribution in [2.75, 3.05) is 6.54 Å². The summed E-state index contributed by atoms with van der Waals surface area (Å²) in [6.07, 6.45) is -0.670. The molecule has 3 N–H and O–H groups in total. The van der Waals surface area contributed by atoms with E-state index in [9.17, 15) is 9.90 Å². The summed E-state index contributed by atoms with van der Waals surface area (Å²) in [6, 6.07) is 9.53. The number of aliphatic hydroxyl groups is 1. The van der Waals surface area contributed by atoms with Crippen LogP contribution in [0.15, 0.2) is 41.1 Å².